The summed E-state index contributed by atoms with van der Waals surface area (Å²) in [5.74, 6) is 1.83. The Kier molecular flexibility index (Phi) is 15.5. The van der Waals surface area contributed by atoms with Gasteiger partial charge in [-0.05, 0) is 43.9 Å². The van der Waals surface area contributed by atoms with Gasteiger partial charge in [-0.3, -0.25) is 0 Å². The molecule has 0 aliphatic carbocycles. The third-order valence-corrected chi connectivity index (χ3v) is 4.35. The van der Waals surface area contributed by atoms with E-state index in [1.807, 2.05) is 12.2 Å². The van der Waals surface area contributed by atoms with Crippen molar-refractivity contribution in [3.8, 4) is 0 Å². The molecule has 0 unspecified atom stereocenters. The lowest BCUT2D eigenvalue weighted by Crippen LogP contribution is -2.05. The Morgan fingerprint density at radius 2 is 1.10 bits per heavy atom. The highest BCUT2D eigenvalue weighted by Crippen LogP contribution is 2.25. The first kappa shape index (κ1) is 20.5. The molecule has 0 aromatic rings. The molecule has 0 saturated heterocycles. The van der Waals surface area contributed by atoms with E-state index in [1.165, 1.54) is 83.5 Å². The maximum atomic E-state index is 3.79. The molecule has 0 spiro atoms. The largest absolute Gasteiger partial charge is 0.103 e. The van der Waals surface area contributed by atoms with Gasteiger partial charge in [0.25, 0.3) is 0 Å². The summed E-state index contributed by atoms with van der Waals surface area (Å²) >= 11 is 0. The van der Waals surface area contributed by atoms with Crippen LogP contribution < -0.4 is 0 Å². The summed E-state index contributed by atoms with van der Waals surface area (Å²) in [5, 5.41) is 0. The molecule has 0 atom stereocenters. The Bertz CT molecular complexity index is 206. The highest BCUT2D eigenvalue weighted by molar-refractivity contribution is 4.67. The van der Waals surface area contributed by atoms with Crippen LogP contribution in [-0.2, 0) is 0 Å². The maximum Gasteiger partial charge on any atom is -0.0353 e. The smallest absolute Gasteiger partial charge is 0.0353 e. The van der Waals surface area contributed by atoms with Crippen LogP contribution >= 0.6 is 0 Å². The van der Waals surface area contributed by atoms with E-state index in [2.05, 4.69) is 27.0 Å². The van der Waals surface area contributed by atoms with Crippen molar-refractivity contribution >= 4 is 0 Å². The van der Waals surface area contributed by atoms with Crippen molar-refractivity contribution in [3.63, 3.8) is 0 Å². The SMILES string of the molecule is C=CCCCCCCC(CCCCCCC=C)CC(C)C. The third kappa shape index (κ3) is 15.7. The summed E-state index contributed by atoms with van der Waals surface area (Å²) in [6, 6.07) is 0. The van der Waals surface area contributed by atoms with Gasteiger partial charge in [0.1, 0.15) is 0 Å². The highest BCUT2D eigenvalue weighted by Gasteiger charge is 2.10. The predicted molar refractivity (Wildman–Crippen MR) is 98.7 cm³/mol. The van der Waals surface area contributed by atoms with E-state index in [0.29, 0.717) is 0 Å². The summed E-state index contributed by atoms with van der Waals surface area (Å²) in [4.78, 5) is 0. The van der Waals surface area contributed by atoms with Crippen LogP contribution in [0.5, 0.6) is 0 Å². The summed E-state index contributed by atoms with van der Waals surface area (Å²) in [7, 11) is 0. The quantitative estimate of drug-likeness (QED) is 0.202. The third-order valence-electron chi connectivity index (χ3n) is 4.35. The lowest BCUT2D eigenvalue weighted by atomic mass is 9.87. The van der Waals surface area contributed by atoms with Gasteiger partial charge in [-0.25, -0.2) is 0 Å². The van der Waals surface area contributed by atoms with Crippen LogP contribution in [-0.4, -0.2) is 0 Å². The van der Waals surface area contributed by atoms with E-state index in [9.17, 15) is 0 Å². The van der Waals surface area contributed by atoms with Gasteiger partial charge in [0, 0.05) is 0 Å². The second-order valence-corrected chi connectivity index (χ2v) is 7.06. The first-order chi connectivity index (χ1) is 10.2. The zero-order valence-corrected chi connectivity index (χ0v) is 14.9. The van der Waals surface area contributed by atoms with Gasteiger partial charge in [0.05, 0.1) is 0 Å². The average Bonchev–Trinajstić information content (AvgIpc) is 2.45. The van der Waals surface area contributed by atoms with Crippen molar-refractivity contribution in [2.75, 3.05) is 0 Å². The molecule has 0 heterocycles. The second kappa shape index (κ2) is 15.9. The van der Waals surface area contributed by atoms with E-state index in [1.54, 1.807) is 0 Å². The van der Waals surface area contributed by atoms with Crippen LogP contribution in [0.1, 0.15) is 97.3 Å². The number of hydrogen-bond acceptors (Lipinski definition) is 0. The minimum Gasteiger partial charge on any atom is -0.103 e. The molecule has 0 aliphatic heterocycles. The van der Waals surface area contributed by atoms with Gasteiger partial charge in [-0.2, -0.15) is 0 Å². The van der Waals surface area contributed by atoms with E-state index in [0.717, 1.165) is 11.8 Å². The topological polar surface area (TPSA) is 0 Å². The molecule has 0 nitrogen and oxygen atoms in total. The van der Waals surface area contributed by atoms with Crippen molar-refractivity contribution in [2.24, 2.45) is 11.8 Å². The average molecular weight is 293 g/mol. The Morgan fingerprint density at radius 1 is 0.667 bits per heavy atom. The Hall–Kier alpha value is -0.520. The Balaban J connectivity index is 3.66. The number of rotatable bonds is 16. The van der Waals surface area contributed by atoms with Crippen LogP contribution in [0.2, 0.25) is 0 Å². The normalized spacial score (nSPS) is 11.2. The van der Waals surface area contributed by atoms with E-state index < -0.39 is 0 Å². The molecule has 0 radical (unpaired) electrons. The molecule has 0 amide bonds. The van der Waals surface area contributed by atoms with Crippen molar-refractivity contribution in [1.29, 1.82) is 0 Å². The van der Waals surface area contributed by atoms with Crippen LogP contribution in [0.3, 0.4) is 0 Å². The molecule has 0 saturated carbocycles. The molecule has 0 rings (SSSR count). The minimum absolute atomic E-state index is 0.858. The van der Waals surface area contributed by atoms with Crippen LogP contribution in [0.25, 0.3) is 0 Å². The van der Waals surface area contributed by atoms with Crippen molar-refractivity contribution < 1.29 is 0 Å². The van der Waals surface area contributed by atoms with Crippen LogP contribution in [0, 0.1) is 11.8 Å². The van der Waals surface area contributed by atoms with Crippen molar-refractivity contribution in [3.05, 3.63) is 25.3 Å². The predicted octanol–water partition coefficient (Wildman–Crippen LogP) is 7.70. The number of hydrogen-bond donors (Lipinski definition) is 0. The van der Waals surface area contributed by atoms with E-state index in [4.69, 9.17) is 0 Å². The molecule has 0 heteroatoms. The van der Waals surface area contributed by atoms with Gasteiger partial charge < -0.3 is 0 Å². The number of unbranched alkanes of at least 4 members (excludes halogenated alkanes) is 8. The van der Waals surface area contributed by atoms with Crippen molar-refractivity contribution in [1.82, 2.24) is 0 Å². The fourth-order valence-corrected chi connectivity index (χ4v) is 3.20. The van der Waals surface area contributed by atoms with Gasteiger partial charge in [0.2, 0.25) is 0 Å². The van der Waals surface area contributed by atoms with Gasteiger partial charge >= 0.3 is 0 Å². The lowest BCUT2D eigenvalue weighted by molar-refractivity contribution is 0.339. The van der Waals surface area contributed by atoms with E-state index in [-0.39, 0.29) is 0 Å². The molecule has 0 N–H and O–H groups in total. The summed E-state index contributed by atoms with van der Waals surface area (Å²) in [5.41, 5.74) is 0. The Labute approximate surface area is 135 Å². The Morgan fingerprint density at radius 3 is 1.48 bits per heavy atom. The molecule has 0 aromatic carbocycles. The summed E-state index contributed by atoms with van der Waals surface area (Å²) in [6.45, 7) is 12.3. The van der Waals surface area contributed by atoms with Crippen molar-refractivity contribution in [2.45, 2.75) is 97.3 Å². The standard InChI is InChI=1S/C21H40/c1-5-7-9-11-13-15-17-21(19-20(3)4)18-16-14-12-10-8-6-2/h5-6,20-21H,1-2,7-19H2,3-4H3. The zero-order valence-electron chi connectivity index (χ0n) is 14.9. The van der Waals surface area contributed by atoms with Crippen LogP contribution in [0.4, 0.5) is 0 Å². The first-order valence-electron chi connectivity index (χ1n) is 9.42. The minimum atomic E-state index is 0.858. The van der Waals surface area contributed by atoms with Gasteiger partial charge in [-0.15, -0.1) is 13.2 Å². The van der Waals surface area contributed by atoms with Gasteiger partial charge in [0.15, 0.2) is 0 Å². The molecule has 0 bridgehead atoms. The van der Waals surface area contributed by atoms with E-state index >= 15 is 0 Å². The fourth-order valence-electron chi connectivity index (χ4n) is 3.20. The van der Waals surface area contributed by atoms with Gasteiger partial charge in [-0.1, -0.05) is 77.4 Å². The molecular formula is C21H40. The fraction of sp³-hybridized carbons (Fsp3) is 0.810. The lowest BCUT2D eigenvalue weighted by Gasteiger charge is -2.19. The molecule has 21 heavy (non-hydrogen) atoms. The van der Waals surface area contributed by atoms with Crippen LogP contribution in [0.15, 0.2) is 25.3 Å². The molecule has 124 valence electrons. The number of allylic oxidation sites excluding steroid dienone is 2. The zero-order chi connectivity index (χ0) is 15.8. The first-order valence-corrected chi connectivity index (χ1v) is 9.42. The monoisotopic (exact) mass is 292 g/mol. The molecule has 0 fully saturated rings. The second-order valence-electron chi connectivity index (χ2n) is 7.06. The summed E-state index contributed by atoms with van der Waals surface area (Å²) in [6.07, 6.45) is 22.0. The molecule has 0 aromatic heterocycles. The summed E-state index contributed by atoms with van der Waals surface area (Å²) < 4.78 is 0. The maximum absolute atomic E-state index is 3.79. The highest BCUT2D eigenvalue weighted by atomic mass is 14.2. The molecular weight excluding hydrogens is 252 g/mol. The molecule has 0 aliphatic rings.